The molecule has 1 nitrogen and oxygen atoms in total. The van der Waals surface area contributed by atoms with Crippen molar-refractivity contribution in [2.24, 2.45) is 0 Å². The lowest BCUT2D eigenvalue weighted by Gasteiger charge is -2.29. The van der Waals surface area contributed by atoms with Crippen molar-refractivity contribution in [2.45, 2.75) is 19.3 Å². The Balaban J connectivity index is 2.09. The van der Waals surface area contributed by atoms with Gasteiger partial charge in [0.15, 0.2) is 0 Å². The number of piperidine rings is 1. The third kappa shape index (κ3) is 2.70. The zero-order chi connectivity index (χ0) is 10.7. The van der Waals surface area contributed by atoms with Crippen molar-refractivity contribution in [3.8, 4) is 0 Å². The second kappa shape index (κ2) is 4.95. The number of benzene rings is 1. The maximum Gasteiger partial charge on any atom is 0.109 e. The molecule has 0 saturated carbocycles. The van der Waals surface area contributed by atoms with E-state index in [4.69, 9.17) is 23.8 Å². The van der Waals surface area contributed by atoms with Gasteiger partial charge in [-0.2, -0.15) is 0 Å². The topological polar surface area (TPSA) is 3.24 Å². The highest BCUT2D eigenvalue weighted by Gasteiger charge is 2.14. The average molecular weight is 240 g/mol. The molecule has 1 aliphatic rings. The summed E-state index contributed by atoms with van der Waals surface area (Å²) < 4.78 is 0. The van der Waals surface area contributed by atoms with Crippen molar-refractivity contribution >= 4 is 28.8 Å². The van der Waals surface area contributed by atoms with Gasteiger partial charge in [0.25, 0.3) is 0 Å². The van der Waals surface area contributed by atoms with E-state index in [1.807, 2.05) is 24.3 Å². The summed E-state index contributed by atoms with van der Waals surface area (Å²) in [5.41, 5.74) is 1.11. The molecule has 0 atom stereocenters. The van der Waals surface area contributed by atoms with E-state index in [-0.39, 0.29) is 0 Å². The van der Waals surface area contributed by atoms with Crippen LogP contribution in [0.2, 0.25) is 5.02 Å². The summed E-state index contributed by atoms with van der Waals surface area (Å²) in [6, 6.07) is 7.79. The Bertz CT molecular complexity index is 341. The second-order valence-corrected chi connectivity index (χ2v) is 4.68. The van der Waals surface area contributed by atoms with Gasteiger partial charge in [-0.25, -0.2) is 0 Å². The summed E-state index contributed by atoms with van der Waals surface area (Å²) in [7, 11) is 0. The number of thiocarbonyl (C=S) groups is 1. The largest absolute Gasteiger partial charge is 0.362 e. The summed E-state index contributed by atoms with van der Waals surface area (Å²) in [5, 5.41) is 0.764. The smallest absolute Gasteiger partial charge is 0.109 e. The molecule has 80 valence electrons. The molecule has 1 aromatic rings. The lowest BCUT2D eigenvalue weighted by molar-refractivity contribution is 0.347. The first kappa shape index (κ1) is 10.9. The molecule has 0 aliphatic carbocycles. The number of hydrogen-bond donors (Lipinski definition) is 0. The summed E-state index contributed by atoms with van der Waals surface area (Å²) >= 11 is 11.3. The van der Waals surface area contributed by atoms with Crippen LogP contribution in [0.3, 0.4) is 0 Å². The van der Waals surface area contributed by atoms with E-state index in [1.54, 1.807) is 0 Å². The van der Waals surface area contributed by atoms with E-state index in [0.29, 0.717) is 0 Å². The Labute approximate surface area is 101 Å². The Morgan fingerprint density at radius 3 is 2.27 bits per heavy atom. The molecular formula is C12H14ClNS. The fraction of sp³-hybridized carbons (Fsp3) is 0.417. The van der Waals surface area contributed by atoms with Gasteiger partial charge < -0.3 is 4.90 Å². The van der Waals surface area contributed by atoms with Crippen LogP contribution in [-0.2, 0) is 0 Å². The number of likely N-dealkylation sites (tertiary alicyclic amines) is 1. The molecule has 0 unspecified atom stereocenters. The van der Waals surface area contributed by atoms with Gasteiger partial charge in [0.05, 0.1) is 0 Å². The summed E-state index contributed by atoms with van der Waals surface area (Å²) in [6.07, 6.45) is 3.85. The molecule has 1 aromatic carbocycles. The molecule has 15 heavy (non-hydrogen) atoms. The van der Waals surface area contributed by atoms with E-state index >= 15 is 0 Å². The van der Waals surface area contributed by atoms with Crippen LogP contribution in [0.4, 0.5) is 0 Å². The van der Waals surface area contributed by atoms with Gasteiger partial charge in [0, 0.05) is 23.7 Å². The van der Waals surface area contributed by atoms with Crippen LogP contribution in [-0.4, -0.2) is 23.0 Å². The maximum absolute atomic E-state index is 5.85. The highest BCUT2D eigenvalue weighted by molar-refractivity contribution is 7.80. The molecule has 0 spiro atoms. The van der Waals surface area contributed by atoms with Crippen molar-refractivity contribution in [2.75, 3.05) is 13.1 Å². The van der Waals surface area contributed by atoms with Crippen LogP contribution in [0.25, 0.3) is 0 Å². The first-order chi connectivity index (χ1) is 7.27. The summed E-state index contributed by atoms with van der Waals surface area (Å²) in [5.74, 6) is 0. The molecule has 0 radical (unpaired) electrons. The van der Waals surface area contributed by atoms with E-state index in [9.17, 15) is 0 Å². The van der Waals surface area contributed by atoms with Gasteiger partial charge in [0.1, 0.15) is 4.99 Å². The SMILES string of the molecule is S=C(c1ccc(Cl)cc1)N1CCCCC1. The predicted octanol–water partition coefficient (Wildman–Crippen LogP) is 3.50. The van der Waals surface area contributed by atoms with E-state index in [1.165, 1.54) is 19.3 Å². The van der Waals surface area contributed by atoms with Gasteiger partial charge in [0.2, 0.25) is 0 Å². The second-order valence-electron chi connectivity index (χ2n) is 3.86. The molecule has 0 bridgehead atoms. The molecular weight excluding hydrogens is 226 g/mol. The molecule has 1 fully saturated rings. The predicted molar refractivity (Wildman–Crippen MR) is 68.6 cm³/mol. The number of hydrogen-bond acceptors (Lipinski definition) is 1. The number of nitrogens with zero attached hydrogens (tertiary/aromatic N) is 1. The van der Waals surface area contributed by atoms with Crippen LogP contribution in [0.15, 0.2) is 24.3 Å². The van der Waals surface area contributed by atoms with Crippen LogP contribution in [0, 0.1) is 0 Å². The number of rotatable bonds is 1. The van der Waals surface area contributed by atoms with Crippen LogP contribution in [0.1, 0.15) is 24.8 Å². The minimum absolute atomic E-state index is 0.764. The molecule has 3 heteroatoms. The zero-order valence-corrected chi connectivity index (χ0v) is 10.2. The van der Waals surface area contributed by atoms with Gasteiger partial charge >= 0.3 is 0 Å². The molecule has 1 heterocycles. The minimum atomic E-state index is 0.764. The summed E-state index contributed by atoms with van der Waals surface area (Å²) in [4.78, 5) is 3.26. The highest BCUT2D eigenvalue weighted by Crippen LogP contribution is 2.16. The van der Waals surface area contributed by atoms with Crippen molar-refractivity contribution in [1.29, 1.82) is 0 Å². The van der Waals surface area contributed by atoms with Crippen molar-refractivity contribution in [3.05, 3.63) is 34.9 Å². The minimum Gasteiger partial charge on any atom is -0.362 e. The normalized spacial score (nSPS) is 16.5. The van der Waals surface area contributed by atoms with E-state index in [2.05, 4.69) is 4.90 Å². The van der Waals surface area contributed by atoms with Crippen molar-refractivity contribution in [3.63, 3.8) is 0 Å². The van der Waals surface area contributed by atoms with Crippen LogP contribution in [0.5, 0.6) is 0 Å². The lowest BCUT2D eigenvalue weighted by atomic mass is 10.1. The van der Waals surface area contributed by atoms with E-state index < -0.39 is 0 Å². The standard InChI is InChI=1S/C12H14ClNS/c13-11-6-4-10(5-7-11)12(15)14-8-2-1-3-9-14/h4-7H,1-3,8-9H2. The Morgan fingerprint density at radius 1 is 1.07 bits per heavy atom. The van der Waals surface area contributed by atoms with Gasteiger partial charge in [-0.05, 0) is 31.4 Å². The maximum atomic E-state index is 5.85. The first-order valence-corrected chi connectivity index (χ1v) is 6.11. The molecule has 2 rings (SSSR count). The lowest BCUT2D eigenvalue weighted by Crippen LogP contribution is -2.34. The molecule has 1 saturated heterocycles. The quantitative estimate of drug-likeness (QED) is 0.690. The van der Waals surface area contributed by atoms with Gasteiger partial charge in [-0.3, -0.25) is 0 Å². The fourth-order valence-corrected chi connectivity index (χ4v) is 2.32. The summed E-state index contributed by atoms with van der Waals surface area (Å²) in [6.45, 7) is 2.20. The molecule has 0 aromatic heterocycles. The third-order valence-corrected chi connectivity index (χ3v) is 3.48. The Morgan fingerprint density at radius 2 is 1.67 bits per heavy atom. The van der Waals surface area contributed by atoms with Crippen LogP contribution < -0.4 is 0 Å². The van der Waals surface area contributed by atoms with Gasteiger partial charge in [-0.1, -0.05) is 36.0 Å². The Hall–Kier alpha value is -0.600. The third-order valence-electron chi connectivity index (χ3n) is 2.73. The molecule has 0 amide bonds. The highest BCUT2D eigenvalue weighted by atomic mass is 35.5. The van der Waals surface area contributed by atoms with Crippen LogP contribution >= 0.6 is 23.8 Å². The van der Waals surface area contributed by atoms with Crippen molar-refractivity contribution in [1.82, 2.24) is 4.90 Å². The van der Waals surface area contributed by atoms with E-state index in [0.717, 1.165) is 28.7 Å². The monoisotopic (exact) mass is 239 g/mol. The van der Waals surface area contributed by atoms with Crippen molar-refractivity contribution < 1.29 is 0 Å². The first-order valence-electron chi connectivity index (χ1n) is 5.32. The molecule has 0 N–H and O–H groups in total. The fourth-order valence-electron chi connectivity index (χ4n) is 1.87. The zero-order valence-electron chi connectivity index (χ0n) is 8.58. The molecule has 1 aliphatic heterocycles. The Kier molecular flexibility index (Phi) is 3.60. The number of halogens is 1. The van der Waals surface area contributed by atoms with Gasteiger partial charge in [-0.15, -0.1) is 0 Å². The average Bonchev–Trinajstić information content (AvgIpc) is 2.30.